The van der Waals surface area contributed by atoms with Crippen molar-refractivity contribution in [3.8, 4) is 0 Å². The fourth-order valence-corrected chi connectivity index (χ4v) is 4.19. The lowest BCUT2D eigenvalue weighted by molar-refractivity contribution is -0.137. The number of Topliss-reactive ketones (excluding diaryl/α,β-unsaturated/α-hetero) is 2. The van der Waals surface area contributed by atoms with Gasteiger partial charge < -0.3 is 31.2 Å². The Hall–Kier alpha value is -2.39. The van der Waals surface area contributed by atoms with Crippen LogP contribution in [0.25, 0.3) is 0 Å². The lowest BCUT2D eigenvalue weighted by Gasteiger charge is -2.39. The Morgan fingerprint density at radius 2 is 2.25 bits per heavy atom. The highest BCUT2D eigenvalue weighted by Crippen LogP contribution is 2.55. The van der Waals surface area contributed by atoms with Crippen molar-refractivity contribution in [2.75, 3.05) is 20.3 Å². The Morgan fingerprint density at radius 3 is 2.88 bits per heavy atom. The molecule has 0 saturated carbocycles. The zero-order valence-corrected chi connectivity index (χ0v) is 12.8. The molecule has 0 aromatic heterocycles. The lowest BCUT2D eigenvalue weighted by Crippen LogP contribution is -2.55. The van der Waals surface area contributed by atoms with Gasteiger partial charge in [-0.05, 0) is 6.85 Å². The maximum atomic E-state index is 13.1. The molecule has 3 heterocycles. The highest BCUT2D eigenvalue weighted by atomic mass is 16.6. The van der Waals surface area contributed by atoms with Crippen molar-refractivity contribution in [3.63, 3.8) is 0 Å². The minimum Gasteiger partial charge on any atom is -0.449 e. The SMILES string of the molecule is [2H][13C]([2H])([2H])C1=C(N)C(=O)C2=C(C1=O)N1C[C@@H]3N[C@@H]3[C@]1(OC)[C@@H]2COC(N)=O. The second-order valence-electron chi connectivity index (χ2n) is 6.21. The normalized spacial score (nSPS) is 39.1. The smallest absolute Gasteiger partial charge is 0.404 e. The van der Waals surface area contributed by atoms with E-state index in [0.717, 1.165) is 0 Å². The number of carbonyl (C=O) groups excluding carboxylic acids is 3. The molecule has 5 N–H and O–H groups in total. The molecule has 0 unspecified atom stereocenters. The summed E-state index contributed by atoms with van der Waals surface area (Å²) in [6.07, 6.45) is -1.04. The van der Waals surface area contributed by atoms with Gasteiger partial charge in [-0.2, -0.15) is 0 Å². The van der Waals surface area contributed by atoms with Gasteiger partial charge in [-0.25, -0.2) is 4.79 Å². The summed E-state index contributed by atoms with van der Waals surface area (Å²) >= 11 is 0. The van der Waals surface area contributed by atoms with E-state index in [-0.39, 0.29) is 30.0 Å². The summed E-state index contributed by atoms with van der Waals surface area (Å²) in [7, 11) is 1.42. The molecule has 3 aliphatic heterocycles. The first-order chi connectivity index (χ1) is 12.6. The van der Waals surface area contributed by atoms with Crippen molar-refractivity contribution >= 4 is 17.7 Å². The molecule has 0 aromatic carbocycles. The monoisotopic (exact) mass is 338 g/mol. The van der Waals surface area contributed by atoms with Crippen LogP contribution >= 0.6 is 0 Å². The van der Waals surface area contributed by atoms with Gasteiger partial charge in [-0.15, -0.1) is 0 Å². The van der Waals surface area contributed by atoms with E-state index in [9.17, 15) is 14.4 Å². The molecular weight excluding hydrogens is 317 g/mol. The molecule has 4 aliphatic rings. The highest BCUT2D eigenvalue weighted by Gasteiger charge is 2.72. The van der Waals surface area contributed by atoms with Crippen LogP contribution in [0.15, 0.2) is 22.5 Å². The number of primary amides is 1. The molecule has 2 saturated heterocycles. The van der Waals surface area contributed by atoms with Crippen molar-refractivity contribution in [3.05, 3.63) is 22.5 Å². The van der Waals surface area contributed by atoms with Crippen LogP contribution in [0.1, 0.15) is 11.0 Å². The molecule has 1 amide bonds. The van der Waals surface area contributed by atoms with Crippen LogP contribution < -0.4 is 16.8 Å². The number of nitrogens with two attached hydrogens (primary N) is 2. The van der Waals surface area contributed by atoms with E-state index in [2.05, 4.69) is 5.32 Å². The second-order valence-corrected chi connectivity index (χ2v) is 6.21. The van der Waals surface area contributed by atoms with Crippen LogP contribution in [0, 0.1) is 5.92 Å². The van der Waals surface area contributed by atoms with Crippen LogP contribution in [-0.2, 0) is 19.1 Å². The Labute approximate surface area is 141 Å². The van der Waals surface area contributed by atoms with E-state index in [0.29, 0.717) is 6.54 Å². The third kappa shape index (κ3) is 1.58. The van der Waals surface area contributed by atoms with Gasteiger partial charge in [0, 0.05) is 35.0 Å². The van der Waals surface area contributed by atoms with E-state index in [1.54, 1.807) is 4.90 Å². The molecule has 128 valence electrons. The van der Waals surface area contributed by atoms with Crippen LogP contribution in [-0.4, -0.2) is 60.6 Å². The van der Waals surface area contributed by atoms with E-state index in [1.807, 2.05) is 0 Å². The highest BCUT2D eigenvalue weighted by molar-refractivity contribution is 6.25. The molecule has 0 aromatic rings. The summed E-state index contributed by atoms with van der Waals surface area (Å²) in [6, 6.07) is -0.204. The Morgan fingerprint density at radius 1 is 1.50 bits per heavy atom. The Balaban J connectivity index is 1.86. The van der Waals surface area contributed by atoms with Gasteiger partial charge in [-0.3, -0.25) is 9.59 Å². The number of ether oxygens (including phenoxy) is 2. The first kappa shape index (κ1) is 12.0. The van der Waals surface area contributed by atoms with Gasteiger partial charge in [-0.1, -0.05) is 0 Å². The molecule has 1 aliphatic carbocycles. The predicted octanol–water partition coefficient (Wildman–Crippen LogP) is -1.65. The van der Waals surface area contributed by atoms with Crippen LogP contribution in [0.5, 0.6) is 0 Å². The van der Waals surface area contributed by atoms with Gasteiger partial charge in [0.1, 0.15) is 6.61 Å². The molecule has 4 rings (SSSR count). The number of carbonyl (C=O) groups is 3. The van der Waals surface area contributed by atoms with Crippen LogP contribution in [0.3, 0.4) is 0 Å². The Bertz CT molecular complexity index is 851. The van der Waals surface area contributed by atoms with Gasteiger partial charge in [0.25, 0.3) is 0 Å². The number of methoxy groups -OCH3 is 1. The number of piperazine rings is 1. The first-order valence-electron chi connectivity index (χ1n) is 8.90. The second kappa shape index (κ2) is 4.58. The van der Waals surface area contributed by atoms with E-state index in [1.165, 1.54) is 7.11 Å². The number of hydrogen-bond acceptors (Lipinski definition) is 8. The van der Waals surface area contributed by atoms with E-state index in [4.69, 9.17) is 25.1 Å². The third-order valence-corrected chi connectivity index (χ3v) is 5.23. The summed E-state index contributed by atoms with van der Waals surface area (Å²) in [5.41, 5.74) is 8.31. The maximum absolute atomic E-state index is 13.1. The van der Waals surface area contributed by atoms with Gasteiger partial charge in [0.2, 0.25) is 11.6 Å². The summed E-state index contributed by atoms with van der Waals surface area (Å²) in [5, 5.41) is 3.20. The van der Waals surface area contributed by atoms with Crippen molar-refractivity contribution in [2.45, 2.75) is 24.7 Å². The zero-order valence-electron chi connectivity index (χ0n) is 15.8. The number of rotatable bonds is 3. The molecule has 9 heteroatoms. The summed E-state index contributed by atoms with van der Waals surface area (Å²) in [4.78, 5) is 38.8. The molecule has 0 bridgehead atoms. The number of nitrogens with zero attached hydrogens (tertiary/aromatic N) is 1. The van der Waals surface area contributed by atoms with Gasteiger partial charge in [0.15, 0.2) is 5.72 Å². The standard InChI is InChI=1S/C15H18N4O5/c1-5-9(16)12(21)8-6(4-24-14(17)22)15(23-2)13-7(18-13)3-19(15)10(8)11(5)20/h6-7,13,18H,3-4,16H2,1-2H3,(H2,17,22)/t6-,7+,13+,15-/m1/s1/i1+1D3. The summed E-state index contributed by atoms with van der Waals surface area (Å²) in [6.45, 7) is -2.80. The number of allylic oxidation sites excluding steroid dienone is 2. The van der Waals surface area contributed by atoms with Crippen molar-refractivity contribution < 1.29 is 28.0 Å². The Kier molecular flexibility index (Phi) is 2.30. The predicted molar refractivity (Wildman–Crippen MR) is 80.1 cm³/mol. The molecule has 9 nitrogen and oxygen atoms in total. The van der Waals surface area contributed by atoms with E-state index < -0.39 is 47.4 Å². The maximum Gasteiger partial charge on any atom is 0.404 e. The van der Waals surface area contributed by atoms with Gasteiger partial charge in [0.05, 0.1) is 23.4 Å². The van der Waals surface area contributed by atoms with Crippen LogP contribution in [0.2, 0.25) is 0 Å². The van der Waals surface area contributed by atoms with Crippen LogP contribution in [0.4, 0.5) is 4.79 Å². The number of hydrogen-bond donors (Lipinski definition) is 3. The number of nitrogens with one attached hydrogen (secondary N) is 1. The summed E-state index contributed by atoms with van der Waals surface area (Å²) < 4.78 is 33.5. The molecule has 24 heavy (non-hydrogen) atoms. The number of fused-ring (bicyclic) bond motifs is 4. The van der Waals surface area contributed by atoms with Crippen molar-refractivity contribution in [1.29, 1.82) is 0 Å². The molecule has 0 spiro atoms. The third-order valence-electron chi connectivity index (χ3n) is 5.23. The molecule has 2 fully saturated rings. The quantitative estimate of drug-likeness (QED) is 0.315. The van der Waals surface area contributed by atoms with Crippen molar-refractivity contribution in [1.82, 2.24) is 10.2 Å². The lowest BCUT2D eigenvalue weighted by atomic mass is 9.83. The minimum atomic E-state index is -2.84. The topological polar surface area (TPSA) is 147 Å². The fourth-order valence-electron chi connectivity index (χ4n) is 4.19. The largest absolute Gasteiger partial charge is 0.449 e. The van der Waals surface area contributed by atoms with Gasteiger partial charge >= 0.3 is 6.09 Å². The van der Waals surface area contributed by atoms with Crippen molar-refractivity contribution in [2.24, 2.45) is 17.4 Å². The first-order valence-corrected chi connectivity index (χ1v) is 7.40. The summed E-state index contributed by atoms with van der Waals surface area (Å²) in [5.74, 6) is -2.44. The minimum absolute atomic E-state index is 0.000694. The molecule has 4 atom stereocenters. The molecular formula is C15H18N4O5. The molecule has 0 radical (unpaired) electrons. The average molecular weight is 338 g/mol. The number of ketones is 2. The average Bonchev–Trinajstić information content (AvgIpc) is 3.16. The number of amides is 1. The zero-order chi connectivity index (χ0) is 19.9. The van der Waals surface area contributed by atoms with E-state index >= 15 is 0 Å². The fraction of sp³-hybridized carbons (Fsp3) is 0.533.